The van der Waals surface area contributed by atoms with Crippen molar-refractivity contribution < 1.29 is 9.32 Å². The first-order valence-corrected chi connectivity index (χ1v) is 6.65. The standard InChI is InChI=1S/C13H23N3O2/c1-4-6-7-8-11-10-12(15-18-11)14-13(17)16(3)9-5-2/h10H,4-9H2,1-3H3,(H,14,15,17). The molecule has 1 N–H and O–H groups in total. The van der Waals surface area contributed by atoms with Gasteiger partial charge in [0.15, 0.2) is 5.82 Å². The molecular formula is C13H23N3O2. The summed E-state index contributed by atoms with van der Waals surface area (Å²) in [6.07, 6.45) is 5.27. The number of amides is 2. The molecule has 0 aromatic carbocycles. The van der Waals surface area contributed by atoms with E-state index in [4.69, 9.17) is 4.52 Å². The molecule has 2 amide bonds. The molecule has 0 aliphatic carbocycles. The van der Waals surface area contributed by atoms with Crippen molar-refractivity contribution in [3.05, 3.63) is 11.8 Å². The summed E-state index contributed by atoms with van der Waals surface area (Å²) in [7, 11) is 1.76. The zero-order valence-corrected chi connectivity index (χ0v) is 11.5. The first-order valence-electron chi connectivity index (χ1n) is 6.65. The fourth-order valence-electron chi connectivity index (χ4n) is 1.68. The van der Waals surface area contributed by atoms with Crippen molar-refractivity contribution in [3.8, 4) is 0 Å². The number of aryl methyl sites for hydroxylation is 1. The van der Waals surface area contributed by atoms with Gasteiger partial charge < -0.3 is 9.42 Å². The van der Waals surface area contributed by atoms with E-state index in [-0.39, 0.29) is 6.03 Å². The highest BCUT2D eigenvalue weighted by molar-refractivity contribution is 5.87. The highest BCUT2D eigenvalue weighted by Crippen LogP contribution is 2.12. The summed E-state index contributed by atoms with van der Waals surface area (Å²) in [4.78, 5) is 13.3. The Labute approximate surface area is 109 Å². The fourth-order valence-corrected chi connectivity index (χ4v) is 1.68. The summed E-state index contributed by atoms with van der Waals surface area (Å²) in [5.74, 6) is 1.33. The van der Waals surface area contributed by atoms with Gasteiger partial charge in [0.05, 0.1) is 0 Å². The monoisotopic (exact) mass is 253 g/mol. The zero-order valence-electron chi connectivity index (χ0n) is 11.5. The third-order valence-electron chi connectivity index (χ3n) is 2.73. The smallest absolute Gasteiger partial charge is 0.322 e. The number of unbranched alkanes of at least 4 members (excludes halogenated alkanes) is 2. The quantitative estimate of drug-likeness (QED) is 0.759. The van der Waals surface area contributed by atoms with Crippen LogP contribution >= 0.6 is 0 Å². The van der Waals surface area contributed by atoms with Gasteiger partial charge in [0.1, 0.15) is 5.76 Å². The Morgan fingerprint density at radius 2 is 2.17 bits per heavy atom. The minimum absolute atomic E-state index is 0.148. The maximum Gasteiger partial charge on any atom is 0.322 e. The lowest BCUT2D eigenvalue weighted by Gasteiger charge is -2.15. The number of carbonyl (C=O) groups excluding carboxylic acids is 1. The van der Waals surface area contributed by atoms with Gasteiger partial charge in [-0.15, -0.1) is 0 Å². The SMILES string of the molecule is CCCCCc1cc(NC(=O)N(C)CCC)no1. The van der Waals surface area contributed by atoms with Crippen LogP contribution in [0.1, 0.15) is 45.3 Å². The predicted molar refractivity (Wildman–Crippen MR) is 71.7 cm³/mol. The van der Waals surface area contributed by atoms with Gasteiger partial charge in [-0.2, -0.15) is 0 Å². The van der Waals surface area contributed by atoms with Crippen LogP contribution in [-0.2, 0) is 6.42 Å². The summed E-state index contributed by atoms with van der Waals surface area (Å²) in [5, 5.41) is 6.56. The predicted octanol–water partition coefficient (Wildman–Crippen LogP) is 3.28. The summed E-state index contributed by atoms with van der Waals surface area (Å²) >= 11 is 0. The highest BCUT2D eigenvalue weighted by Gasteiger charge is 2.10. The number of nitrogens with one attached hydrogen (secondary N) is 1. The van der Waals surface area contributed by atoms with Crippen LogP contribution in [0.2, 0.25) is 0 Å². The normalized spacial score (nSPS) is 10.4. The number of carbonyl (C=O) groups is 1. The van der Waals surface area contributed by atoms with E-state index in [0.717, 1.165) is 31.6 Å². The van der Waals surface area contributed by atoms with Crippen molar-refractivity contribution in [3.63, 3.8) is 0 Å². The Balaban J connectivity index is 2.41. The molecule has 18 heavy (non-hydrogen) atoms. The summed E-state index contributed by atoms with van der Waals surface area (Å²) in [6, 6.07) is 1.65. The molecule has 0 fully saturated rings. The summed E-state index contributed by atoms with van der Waals surface area (Å²) < 4.78 is 5.17. The van der Waals surface area contributed by atoms with Gasteiger partial charge >= 0.3 is 6.03 Å². The largest absolute Gasteiger partial charge is 0.359 e. The lowest BCUT2D eigenvalue weighted by atomic mass is 10.2. The Kier molecular flexibility index (Phi) is 6.25. The second-order valence-corrected chi connectivity index (χ2v) is 4.49. The molecule has 0 aliphatic rings. The summed E-state index contributed by atoms with van der Waals surface area (Å²) in [6.45, 7) is 4.92. The van der Waals surface area contributed by atoms with Crippen LogP contribution in [0.4, 0.5) is 10.6 Å². The number of rotatable bonds is 7. The topological polar surface area (TPSA) is 58.4 Å². The first kappa shape index (κ1) is 14.5. The van der Waals surface area contributed by atoms with Crippen LogP contribution in [0, 0.1) is 0 Å². The van der Waals surface area contributed by atoms with E-state index < -0.39 is 0 Å². The van der Waals surface area contributed by atoms with Gasteiger partial charge in [-0.05, 0) is 12.8 Å². The Hall–Kier alpha value is -1.52. The van der Waals surface area contributed by atoms with Crippen LogP contribution in [0.3, 0.4) is 0 Å². The molecule has 0 radical (unpaired) electrons. The molecule has 0 spiro atoms. The molecule has 0 bridgehead atoms. The van der Waals surface area contributed by atoms with E-state index >= 15 is 0 Å². The third kappa shape index (κ3) is 4.77. The number of aromatic nitrogens is 1. The Bertz CT molecular complexity index is 363. The molecule has 102 valence electrons. The van der Waals surface area contributed by atoms with Gasteiger partial charge in [0.25, 0.3) is 0 Å². The molecule has 5 heteroatoms. The van der Waals surface area contributed by atoms with Crippen LogP contribution in [0.15, 0.2) is 10.6 Å². The maximum absolute atomic E-state index is 11.7. The molecule has 1 aromatic rings. The van der Waals surface area contributed by atoms with Crippen LogP contribution in [0.25, 0.3) is 0 Å². The molecule has 1 heterocycles. The number of urea groups is 1. The van der Waals surface area contributed by atoms with Crippen molar-refractivity contribution in [2.24, 2.45) is 0 Å². The van der Waals surface area contributed by atoms with Gasteiger partial charge in [-0.1, -0.05) is 31.8 Å². The van der Waals surface area contributed by atoms with Gasteiger partial charge in [0, 0.05) is 26.1 Å². The number of hydrogen-bond donors (Lipinski definition) is 1. The second kappa shape index (κ2) is 7.74. The van der Waals surface area contributed by atoms with Gasteiger partial charge in [-0.25, -0.2) is 4.79 Å². The fraction of sp³-hybridized carbons (Fsp3) is 0.692. The van der Waals surface area contributed by atoms with E-state index in [0.29, 0.717) is 5.82 Å². The van der Waals surface area contributed by atoms with Crippen LogP contribution in [0.5, 0.6) is 0 Å². The van der Waals surface area contributed by atoms with E-state index in [1.165, 1.54) is 12.8 Å². The first-order chi connectivity index (χ1) is 8.67. The number of hydrogen-bond acceptors (Lipinski definition) is 3. The molecule has 0 unspecified atom stereocenters. The van der Waals surface area contributed by atoms with Crippen molar-refractivity contribution in [1.29, 1.82) is 0 Å². The minimum Gasteiger partial charge on any atom is -0.359 e. The molecule has 0 aliphatic heterocycles. The molecule has 1 rings (SSSR count). The lowest BCUT2D eigenvalue weighted by Crippen LogP contribution is -2.31. The maximum atomic E-state index is 11.7. The van der Waals surface area contributed by atoms with E-state index in [1.54, 1.807) is 18.0 Å². The Morgan fingerprint density at radius 3 is 2.83 bits per heavy atom. The van der Waals surface area contributed by atoms with Crippen LogP contribution in [-0.4, -0.2) is 29.7 Å². The van der Waals surface area contributed by atoms with E-state index in [9.17, 15) is 4.79 Å². The average Bonchev–Trinajstić information content (AvgIpc) is 2.77. The summed E-state index contributed by atoms with van der Waals surface area (Å²) in [5.41, 5.74) is 0. The highest BCUT2D eigenvalue weighted by atomic mass is 16.5. The molecule has 0 saturated heterocycles. The molecule has 5 nitrogen and oxygen atoms in total. The second-order valence-electron chi connectivity index (χ2n) is 4.49. The van der Waals surface area contributed by atoms with Gasteiger partial charge in [-0.3, -0.25) is 5.32 Å². The number of anilines is 1. The lowest BCUT2D eigenvalue weighted by molar-refractivity contribution is 0.222. The van der Waals surface area contributed by atoms with Crippen molar-refractivity contribution in [1.82, 2.24) is 10.1 Å². The molecule has 1 aromatic heterocycles. The van der Waals surface area contributed by atoms with Crippen molar-refractivity contribution in [2.45, 2.75) is 46.0 Å². The Morgan fingerprint density at radius 1 is 1.39 bits per heavy atom. The zero-order chi connectivity index (χ0) is 13.4. The van der Waals surface area contributed by atoms with Crippen LogP contribution < -0.4 is 5.32 Å². The van der Waals surface area contributed by atoms with E-state index in [1.807, 2.05) is 6.92 Å². The molecular weight excluding hydrogens is 230 g/mol. The average molecular weight is 253 g/mol. The third-order valence-corrected chi connectivity index (χ3v) is 2.73. The number of nitrogens with zero attached hydrogens (tertiary/aromatic N) is 2. The minimum atomic E-state index is -0.148. The molecule has 0 atom stereocenters. The van der Waals surface area contributed by atoms with Crippen molar-refractivity contribution >= 4 is 11.8 Å². The molecule has 0 saturated carbocycles. The van der Waals surface area contributed by atoms with Crippen molar-refractivity contribution in [2.75, 3.05) is 18.9 Å². The van der Waals surface area contributed by atoms with Gasteiger partial charge in [0.2, 0.25) is 0 Å². The van der Waals surface area contributed by atoms with E-state index in [2.05, 4.69) is 17.4 Å².